The van der Waals surface area contributed by atoms with Crippen molar-refractivity contribution < 1.29 is 14.3 Å². The molecule has 1 fully saturated rings. The molecule has 5 nitrogen and oxygen atoms in total. The highest BCUT2D eigenvalue weighted by Crippen LogP contribution is 2.26. The van der Waals surface area contributed by atoms with Gasteiger partial charge < -0.3 is 14.4 Å². The van der Waals surface area contributed by atoms with Gasteiger partial charge in [-0.3, -0.25) is 4.99 Å². The minimum atomic E-state index is -0.429. The summed E-state index contributed by atoms with van der Waals surface area (Å²) < 4.78 is 11.5. The number of carbonyl (C=O) groups excluding carboxylic acids is 1. The molecule has 142 valence electrons. The standard InChI is InChI=1S/C21H30N2O3/c1-21(2,3)26-20(24)23-12-8-16(9-13-23)10-14-25-19-6-4-5-17-15-22-11-7-18(17)19/h4-6,15-16H,7-14H2,1-3H3. The van der Waals surface area contributed by atoms with Gasteiger partial charge in [-0.25, -0.2) is 4.79 Å². The van der Waals surface area contributed by atoms with E-state index in [-0.39, 0.29) is 6.09 Å². The molecule has 1 aromatic carbocycles. The van der Waals surface area contributed by atoms with E-state index in [1.165, 1.54) is 11.1 Å². The number of ether oxygens (including phenoxy) is 2. The predicted molar refractivity (Wildman–Crippen MR) is 103 cm³/mol. The largest absolute Gasteiger partial charge is 0.493 e. The van der Waals surface area contributed by atoms with Gasteiger partial charge in [-0.2, -0.15) is 0 Å². The Kier molecular flexibility index (Phi) is 5.84. The third-order valence-electron chi connectivity index (χ3n) is 4.94. The number of rotatable bonds is 4. The van der Waals surface area contributed by atoms with Crippen molar-refractivity contribution in [2.45, 2.75) is 52.1 Å². The van der Waals surface area contributed by atoms with Crippen LogP contribution in [-0.2, 0) is 11.2 Å². The van der Waals surface area contributed by atoms with Crippen molar-refractivity contribution in [3.63, 3.8) is 0 Å². The van der Waals surface area contributed by atoms with Crippen molar-refractivity contribution in [2.75, 3.05) is 26.2 Å². The molecule has 1 aromatic rings. The first-order chi connectivity index (χ1) is 12.4. The van der Waals surface area contributed by atoms with E-state index in [2.05, 4.69) is 17.1 Å². The summed E-state index contributed by atoms with van der Waals surface area (Å²) in [5, 5.41) is 0. The SMILES string of the molecule is CC(C)(C)OC(=O)N1CCC(CCOc2cccc3c2CCN=C3)CC1. The lowest BCUT2D eigenvalue weighted by molar-refractivity contribution is 0.0177. The van der Waals surface area contributed by atoms with E-state index in [1.54, 1.807) is 0 Å². The fourth-order valence-corrected chi connectivity index (χ4v) is 3.51. The molecular weight excluding hydrogens is 328 g/mol. The third-order valence-corrected chi connectivity index (χ3v) is 4.94. The van der Waals surface area contributed by atoms with Gasteiger partial charge in [-0.1, -0.05) is 12.1 Å². The predicted octanol–water partition coefficient (Wildman–Crippen LogP) is 4.08. The van der Waals surface area contributed by atoms with E-state index in [0.29, 0.717) is 5.92 Å². The van der Waals surface area contributed by atoms with Gasteiger partial charge >= 0.3 is 6.09 Å². The summed E-state index contributed by atoms with van der Waals surface area (Å²) >= 11 is 0. The Morgan fingerprint density at radius 2 is 2.04 bits per heavy atom. The van der Waals surface area contributed by atoms with Gasteiger partial charge in [-0.05, 0) is 64.0 Å². The second-order valence-corrected chi connectivity index (χ2v) is 8.16. The average Bonchev–Trinajstić information content (AvgIpc) is 2.61. The van der Waals surface area contributed by atoms with E-state index in [0.717, 1.165) is 57.7 Å². The van der Waals surface area contributed by atoms with Gasteiger partial charge in [-0.15, -0.1) is 0 Å². The van der Waals surface area contributed by atoms with Crippen LogP contribution in [0.25, 0.3) is 0 Å². The van der Waals surface area contributed by atoms with E-state index in [9.17, 15) is 4.79 Å². The van der Waals surface area contributed by atoms with Crippen LogP contribution in [-0.4, -0.2) is 49.0 Å². The first kappa shape index (κ1) is 18.7. The first-order valence-corrected chi connectivity index (χ1v) is 9.65. The number of carbonyl (C=O) groups is 1. The molecule has 26 heavy (non-hydrogen) atoms. The zero-order valence-electron chi connectivity index (χ0n) is 16.2. The lowest BCUT2D eigenvalue weighted by atomic mass is 9.94. The van der Waals surface area contributed by atoms with Crippen LogP contribution in [0.3, 0.4) is 0 Å². The summed E-state index contributed by atoms with van der Waals surface area (Å²) in [4.78, 5) is 18.3. The zero-order chi connectivity index (χ0) is 18.6. The number of nitrogens with zero attached hydrogens (tertiary/aromatic N) is 2. The Morgan fingerprint density at radius 1 is 1.27 bits per heavy atom. The molecule has 0 radical (unpaired) electrons. The number of piperidine rings is 1. The van der Waals surface area contributed by atoms with Crippen molar-refractivity contribution in [3.8, 4) is 5.75 Å². The smallest absolute Gasteiger partial charge is 0.410 e. The van der Waals surface area contributed by atoms with Gasteiger partial charge in [0.05, 0.1) is 6.61 Å². The van der Waals surface area contributed by atoms with E-state index in [4.69, 9.17) is 9.47 Å². The Labute approximate surface area is 156 Å². The maximum absolute atomic E-state index is 12.1. The second-order valence-electron chi connectivity index (χ2n) is 8.16. The molecule has 0 spiro atoms. The molecule has 0 N–H and O–H groups in total. The Morgan fingerprint density at radius 3 is 2.77 bits per heavy atom. The van der Waals surface area contributed by atoms with Crippen LogP contribution < -0.4 is 4.74 Å². The van der Waals surface area contributed by atoms with Crippen LogP contribution in [0.2, 0.25) is 0 Å². The Hall–Kier alpha value is -2.04. The molecule has 2 aliphatic heterocycles. The topological polar surface area (TPSA) is 51.1 Å². The number of fused-ring (bicyclic) bond motifs is 1. The molecule has 2 heterocycles. The summed E-state index contributed by atoms with van der Waals surface area (Å²) in [6.45, 7) is 8.84. The summed E-state index contributed by atoms with van der Waals surface area (Å²) in [6, 6.07) is 6.19. The molecule has 5 heteroatoms. The van der Waals surface area contributed by atoms with Crippen molar-refractivity contribution in [1.82, 2.24) is 4.90 Å². The molecule has 0 bridgehead atoms. The van der Waals surface area contributed by atoms with Crippen molar-refractivity contribution >= 4 is 12.3 Å². The highest BCUT2D eigenvalue weighted by molar-refractivity contribution is 5.84. The highest BCUT2D eigenvalue weighted by atomic mass is 16.6. The number of hydrogen-bond donors (Lipinski definition) is 0. The molecule has 0 atom stereocenters. The number of amides is 1. The molecule has 1 saturated heterocycles. The Bertz CT molecular complexity index is 656. The van der Waals surface area contributed by atoms with Crippen molar-refractivity contribution in [3.05, 3.63) is 29.3 Å². The summed E-state index contributed by atoms with van der Waals surface area (Å²) in [5.41, 5.74) is 2.03. The molecular formula is C21H30N2O3. The van der Waals surface area contributed by atoms with E-state index in [1.807, 2.05) is 38.0 Å². The average molecular weight is 358 g/mol. The highest BCUT2D eigenvalue weighted by Gasteiger charge is 2.26. The summed E-state index contributed by atoms with van der Waals surface area (Å²) in [5.74, 6) is 1.61. The van der Waals surface area contributed by atoms with Crippen LogP contribution in [0.1, 0.15) is 51.2 Å². The lowest BCUT2D eigenvalue weighted by Gasteiger charge is -2.33. The number of likely N-dealkylation sites (tertiary alicyclic amines) is 1. The Balaban J connectivity index is 1.42. The van der Waals surface area contributed by atoms with Crippen LogP contribution >= 0.6 is 0 Å². The normalized spacial score (nSPS) is 17.7. The van der Waals surface area contributed by atoms with Crippen LogP contribution in [0.15, 0.2) is 23.2 Å². The van der Waals surface area contributed by atoms with Gasteiger partial charge in [0.15, 0.2) is 0 Å². The maximum Gasteiger partial charge on any atom is 0.410 e. The summed E-state index contributed by atoms with van der Waals surface area (Å²) in [7, 11) is 0. The second kappa shape index (κ2) is 8.11. The number of benzene rings is 1. The van der Waals surface area contributed by atoms with Gasteiger partial charge in [0.25, 0.3) is 0 Å². The lowest BCUT2D eigenvalue weighted by Crippen LogP contribution is -2.41. The van der Waals surface area contributed by atoms with Gasteiger partial charge in [0.2, 0.25) is 0 Å². The van der Waals surface area contributed by atoms with Gasteiger partial charge in [0.1, 0.15) is 11.4 Å². The molecule has 2 aliphatic rings. The first-order valence-electron chi connectivity index (χ1n) is 9.65. The minimum absolute atomic E-state index is 0.190. The summed E-state index contributed by atoms with van der Waals surface area (Å²) in [6.07, 6.45) is 5.77. The van der Waals surface area contributed by atoms with E-state index >= 15 is 0 Å². The number of hydrogen-bond acceptors (Lipinski definition) is 4. The molecule has 0 unspecified atom stereocenters. The van der Waals surface area contributed by atoms with Crippen LogP contribution in [0.5, 0.6) is 5.75 Å². The molecule has 0 aromatic heterocycles. The van der Waals surface area contributed by atoms with Crippen molar-refractivity contribution in [1.29, 1.82) is 0 Å². The molecule has 0 aliphatic carbocycles. The molecule has 1 amide bonds. The van der Waals surface area contributed by atoms with Crippen molar-refractivity contribution in [2.24, 2.45) is 10.9 Å². The molecule has 0 saturated carbocycles. The van der Waals surface area contributed by atoms with E-state index < -0.39 is 5.60 Å². The quantitative estimate of drug-likeness (QED) is 0.815. The van der Waals surface area contributed by atoms with Crippen LogP contribution in [0, 0.1) is 5.92 Å². The monoisotopic (exact) mass is 358 g/mol. The fourth-order valence-electron chi connectivity index (χ4n) is 3.51. The molecule has 3 rings (SSSR count). The fraction of sp³-hybridized carbons (Fsp3) is 0.619. The minimum Gasteiger partial charge on any atom is -0.493 e. The maximum atomic E-state index is 12.1. The third kappa shape index (κ3) is 4.99. The number of aliphatic imine (C=N–C) groups is 1. The van der Waals surface area contributed by atoms with Gasteiger partial charge in [0, 0.05) is 31.4 Å². The van der Waals surface area contributed by atoms with Crippen LogP contribution in [0.4, 0.5) is 4.79 Å². The zero-order valence-corrected chi connectivity index (χ0v) is 16.2.